The molecule has 11 heteroatoms. The number of hydrogen-bond donors (Lipinski definition) is 1. The zero-order valence-corrected chi connectivity index (χ0v) is 18.6. The number of sulfone groups is 1. The van der Waals surface area contributed by atoms with Crippen molar-refractivity contribution in [1.82, 2.24) is 5.32 Å². The summed E-state index contributed by atoms with van der Waals surface area (Å²) in [4.78, 5) is 12.2. The van der Waals surface area contributed by atoms with E-state index < -0.39 is 43.7 Å². The Hall–Kier alpha value is -2.66. The van der Waals surface area contributed by atoms with Gasteiger partial charge in [-0.3, -0.25) is 9.10 Å². The molecule has 0 bridgehead atoms. The first-order valence-electron chi connectivity index (χ1n) is 9.50. The number of nitrogens with one attached hydrogen (secondary N) is 1. The van der Waals surface area contributed by atoms with Gasteiger partial charge in [0.05, 0.1) is 22.1 Å². The summed E-state index contributed by atoms with van der Waals surface area (Å²) in [5, 5.41) is 2.67. The lowest BCUT2D eigenvalue weighted by Gasteiger charge is -2.21. The number of amides is 1. The summed E-state index contributed by atoms with van der Waals surface area (Å²) < 4.78 is 68.1. The van der Waals surface area contributed by atoms with Gasteiger partial charge in [0.25, 0.3) is 15.9 Å². The third-order valence-corrected chi connectivity index (χ3v) is 8.50. The minimum absolute atomic E-state index is 0.0454. The molecular formula is C20H23FN2O6S2. The molecule has 0 saturated carbocycles. The summed E-state index contributed by atoms with van der Waals surface area (Å²) >= 11 is 0. The van der Waals surface area contributed by atoms with Gasteiger partial charge in [-0.25, -0.2) is 21.2 Å². The van der Waals surface area contributed by atoms with Crippen LogP contribution < -0.4 is 14.4 Å². The van der Waals surface area contributed by atoms with E-state index in [4.69, 9.17) is 4.74 Å². The van der Waals surface area contributed by atoms with Gasteiger partial charge in [0.1, 0.15) is 11.6 Å². The lowest BCUT2D eigenvalue weighted by Crippen LogP contribution is -2.43. The van der Waals surface area contributed by atoms with Gasteiger partial charge in [-0.05, 0) is 61.9 Å². The van der Waals surface area contributed by atoms with Crippen LogP contribution >= 0.6 is 0 Å². The first-order valence-corrected chi connectivity index (χ1v) is 12.8. The number of rotatable bonds is 7. The molecule has 0 unspecified atom stereocenters. The van der Waals surface area contributed by atoms with Gasteiger partial charge in [0, 0.05) is 13.1 Å². The van der Waals surface area contributed by atoms with Crippen molar-refractivity contribution in [2.24, 2.45) is 0 Å². The van der Waals surface area contributed by atoms with E-state index in [1.54, 1.807) is 0 Å². The van der Waals surface area contributed by atoms with Crippen LogP contribution in [0.15, 0.2) is 53.4 Å². The first kappa shape index (κ1) is 23.0. The molecule has 1 aliphatic heterocycles. The van der Waals surface area contributed by atoms with Crippen molar-refractivity contribution < 1.29 is 30.8 Å². The maximum absolute atomic E-state index is 13.1. The molecule has 2 aromatic carbocycles. The highest BCUT2D eigenvalue weighted by molar-refractivity contribution is 7.92. The average molecular weight is 471 g/mol. The summed E-state index contributed by atoms with van der Waals surface area (Å²) in [6.07, 6.45) is -0.487. The van der Waals surface area contributed by atoms with Crippen LogP contribution in [0, 0.1) is 5.82 Å². The van der Waals surface area contributed by atoms with Crippen LogP contribution in [-0.2, 0) is 24.7 Å². The normalized spacial score (nSPS) is 18.9. The molecule has 168 valence electrons. The maximum Gasteiger partial charge on any atom is 0.264 e. The number of ether oxygens (including phenoxy) is 1. The average Bonchev–Trinajstić information content (AvgIpc) is 3.06. The maximum atomic E-state index is 13.1. The molecule has 1 heterocycles. The Labute approximate surface area is 181 Å². The second kappa shape index (κ2) is 8.83. The molecule has 8 nitrogen and oxygen atoms in total. The summed E-state index contributed by atoms with van der Waals surface area (Å²) in [5.41, 5.74) is 0.352. The highest BCUT2D eigenvalue weighted by Crippen LogP contribution is 2.25. The molecule has 1 N–H and O–H groups in total. The van der Waals surface area contributed by atoms with Crippen molar-refractivity contribution in [2.75, 3.05) is 22.9 Å². The largest absolute Gasteiger partial charge is 0.481 e. The lowest BCUT2D eigenvalue weighted by atomic mass is 10.2. The molecule has 31 heavy (non-hydrogen) atoms. The summed E-state index contributed by atoms with van der Waals surface area (Å²) in [7, 11) is -5.59. The van der Waals surface area contributed by atoms with Crippen LogP contribution in [0.2, 0.25) is 0 Å². The van der Waals surface area contributed by atoms with Gasteiger partial charge in [-0.15, -0.1) is 0 Å². The van der Waals surface area contributed by atoms with Gasteiger partial charge < -0.3 is 10.1 Å². The molecule has 0 radical (unpaired) electrons. The zero-order chi connectivity index (χ0) is 22.8. The van der Waals surface area contributed by atoms with E-state index in [1.807, 2.05) is 0 Å². The lowest BCUT2D eigenvalue weighted by molar-refractivity contribution is -0.127. The Bertz CT molecular complexity index is 1150. The number of nitrogens with zero attached hydrogens (tertiary/aromatic N) is 1. The minimum Gasteiger partial charge on any atom is -0.481 e. The first-order chi connectivity index (χ1) is 14.5. The Kier molecular flexibility index (Phi) is 6.56. The smallest absolute Gasteiger partial charge is 0.264 e. The van der Waals surface area contributed by atoms with Crippen molar-refractivity contribution in [1.29, 1.82) is 0 Å². The fourth-order valence-corrected chi connectivity index (χ4v) is 5.99. The van der Waals surface area contributed by atoms with E-state index in [1.165, 1.54) is 50.4 Å². The number of anilines is 1. The molecular weight excluding hydrogens is 447 g/mol. The quantitative estimate of drug-likeness (QED) is 0.660. The molecule has 2 aromatic rings. The Morgan fingerprint density at radius 3 is 2.32 bits per heavy atom. The number of hydrogen-bond acceptors (Lipinski definition) is 6. The molecule has 2 atom stereocenters. The van der Waals surface area contributed by atoms with E-state index >= 15 is 0 Å². The summed E-state index contributed by atoms with van der Waals surface area (Å²) in [6, 6.07) is 10.2. The van der Waals surface area contributed by atoms with Gasteiger partial charge in [0.2, 0.25) is 0 Å². The van der Waals surface area contributed by atoms with Gasteiger partial charge >= 0.3 is 0 Å². The zero-order valence-electron chi connectivity index (χ0n) is 17.0. The van der Waals surface area contributed by atoms with E-state index in [9.17, 15) is 26.0 Å². The van der Waals surface area contributed by atoms with Crippen LogP contribution in [0.3, 0.4) is 0 Å². The number of carbonyl (C=O) groups is 1. The summed E-state index contributed by atoms with van der Waals surface area (Å²) in [5.74, 6) is -0.631. The molecule has 1 saturated heterocycles. The fraction of sp³-hybridized carbons (Fsp3) is 0.350. The summed E-state index contributed by atoms with van der Waals surface area (Å²) in [6.45, 7) is 1.54. The van der Waals surface area contributed by atoms with Crippen LogP contribution in [0.5, 0.6) is 5.75 Å². The van der Waals surface area contributed by atoms with Crippen molar-refractivity contribution in [3.8, 4) is 5.75 Å². The monoisotopic (exact) mass is 470 g/mol. The second-order valence-electron chi connectivity index (χ2n) is 7.29. The van der Waals surface area contributed by atoms with E-state index in [0.29, 0.717) is 17.9 Å². The molecule has 1 amide bonds. The molecule has 0 aromatic heterocycles. The fourth-order valence-electron chi connectivity index (χ4n) is 3.12. The number of halogens is 1. The van der Waals surface area contributed by atoms with Crippen molar-refractivity contribution >= 4 is 31.5 Å². The number of benzene rings is 2. The predicted molar refractivity (Wildman–Crippen MR) is 114 cm³/mol. The standard InChI is InChI=1S/C20H23FN2O6S2/c1-14(20(24)22-16-11-12-30(25,26)13-16)29-18-7-5-17(6-8-18)23(2)31(27,28)19-9-3-15(21)4-10-19/h3-10,14,16H,11-13H2,1-2H3,(H,22,24)/t14-,16+/m1/s1. The SMILES string of the molecule is C[C@@H](Oc1ccc(N(C)S(=O)(=O)c2ccc(F)cc2)cc1)C(=O)N[C@H]1CCS(=O)(=O)C1. The number of carbonyl (C=O) groups excluding carboxylic acids is 1. The molecule has 0 spiro atoms. The van der Waals surface area contributed by atoms with Crippen molar-refractivity contribution in [3.05, 3.63) is 54.3 Å². The van der Waals surface area contributed by atoms with Crippen molar-refractivity contribution in [3.63, 3.8) is 0 Å². The Balaban J connectivity index is 1.63. The predicted octanol–water partition coefficient (Wildman–Crippen LogP) is 1.72. The van der Waals surface area contributed by atoms with E-state index in [-0.39, 0.29) is 16.4 Å². The Morgan fingerprint density at radius 1 is 1.16 bits per heavy atom. The third-order valence-electron chi connectivity index (χ3n) is 4.93. The third kappa shape index (κ3) is 5.53. The van der Waals surface area contributed by atoms with Crippen LogP contribution in [0.1, 0.15) is 13.3 Å². The number of sulfonamides is 1. The van der Waals surface area contributed by atoms with Crippen LogP contribution in [0.4, 0.5) is 10.1 Å². The molecule has 1 fully saturated rings. The Morgan fingerprint density at radius 2 is 1.77 bits per heavy atom. The highest BCUT2D eigenvalue weighted by Gasteiger charge is 2.30. The van der Waals surface area contributed by atoms with E-state index in [0.717, 1.165) is 16.4 Å². The van der Waals surface area contributed by atoms with Gasteiger partial charge in [-0.2, -0.15) is 0 Å². The molecule has 3 rings (SSSR count). The molecule has 0 aliphatic carbocycles. The van der Waals surface area contributed by atoms with Crippen molar-refractivity contribution in [2.45, 2.75) is 30.4 Å². The second-order valence-corrected chi connectivity index (χ2v) is 11.5. The van der Waals surface area contributed by atoms with Gasteiger partial charge in [0.15, 0.2) is 15.9 Å². The topological polar surface area (TPSA) is 110 Å². The van der Waals surface area contributed by atoms with Crippen LogP contribution in [-0.4, -0.2) is 53.4 Å². The van der Waals surface area contributed by atoms with Crippen LogP contribution in [0.25, 0.3) is 0 Å². The van der Waals surface area contributed by atoms with Gasteiger partial charge in [-0.1, -0.05) is 0 Å². The molecule has 1 aliphatic rings. The minimum atomic E-state index is -3.87. The van der Waals surface area contributed by atoms with E-state index in [2.05, 4.69) is 5.32 Å². The highest BCUT2D eigenvalue weighted by atomic mass is 32.2.